The summed E-state index contributed by atoms with van der Waals surface area (Å²) in [6, 6.07) is 13.1. The highest BCUT2D eigenvalue weighted by molar-refractivity contribution is 9.10. The minimum Gasteiger partial charge on any atom is -0.487 e. The maximum atomic E-state index is 11.2. The molecule has 0 atom stereocenters. The average Bonchev–Trinajstić information content (AvgIpc) is 2.46. The Balaban J connectivity index is 2.16. The van der Waals surface area contributed by atoms with E-state index >= 15 is 0 Å². The summed E-state index contributed by atoms with van der Waals surface area (Å²) in [4.78, 5) is 11.2. The van der Waals surface area contributed by atoms with Crippen molar-refractivity contribution < 1.29 is 14.6 Å². The van der Waals surface area contributed by atoms with Gasteiger partial charge in [-0.15, -0.1) is 0 Å². The molecule has 0 bridgehead atoms. The Morgan fingerprint density at radius 1 is 1.15 bits per heavy atom. The lowest BCUT2D eigenvalue weighted by molar-refractivity contribution is 0.0691. The first-order valence-electron chi connectivity index (χ1n) is 6.34. The summed E-state index contributed by atoms with van der Waals surface area (Å²) in [5.41, 5.74) is 2.43. The Labute approximate surface area is 126 Å². The number of aryl methyl sites for hydroxylation is 1. The van der Waals surface area contributed by atoms with E-state index in [4.69, 9.17) is 9.84 Å². The summed E-state index contributed by atoms with van der Waals surface area (Å²) in [7, 11) is 0. The highest BCUT2D eigenvalue weighted by Crippen LogP contribution is 2.29. The van der Waals surface area contributed by atoms with Gasteiger partial charge in [-0.3, -0.25) is 0 Å². The number of carbonyl (C=O) groups is 1. The molecule has 0 heterocycles. The molecule has 0 aliphatic carbocycles. The van der Waals surface area contributed by atoms with Crippen LogP contribution < -0.4 is 4.74 Å². The molecule has 0 aliphatic heterocycles. The van der Waals surface area contributed by atoms with Gasteiger partial charge in [0.15, 0.2) is 0 Å². The number of ether oxygens (including phenoxy) is 1. The number of carboxylic acids is 1. The van der Waals surface area contributed by atoms with Crippen molar-refractivity contribution in [3.8, 4) is 5.75 Å². The summed E-state index contributed by atoms with van der Waals surface area (Å²) in [5, 5.41) is 9.15. The van der Waals surface area contributed by atoms with Crippen LogP contribution in [-0.2, 0) is 13.0 Å². The normalized spacial score (nSPS) is 10.3. The van der Waals surface area contributed by atoms with Crippen LogP contribution in [0.4, 0.5) is 0 Å². The highest BCUT2D eigenvalue weighted by Gasteiger charge is 2.14. The van der Waals surface area contributed by atoms with Gasteiger partial charge in [0.25, 0.3) is 0 Å². The molecule has 104 valence electrons. The van der Waals surface area contributed by atoms with E-state index < -0.39 is 5.97 Å². The first-order chi connectivity index (χ1) is 9.61. The van der Waals surface area contributed by atoms with E-state index in [1.807, 2.05) is 12.1 Å². The number of aromatic carboxylic acids is 1. The quantitative estimate of drug-likeness (QED) is 0.887. The van der Waals surface area contributed by atoms with Crippen LogP contribution in [0.2, 0.25) is 0 Å². The number of hydrogen-bond donors (Lipinski definition) is 1. The molecular formula is C16H15BrO3. The number of para-hydroxylation sites is 1. The first-order valence-corrected chi connectivity index (χ1v) is 7.13. The van der Waals surface area contributed by atoms with Crippen molar-refractivity contribution in [1.29, 1.82) is 0 Å². The van der Waals surface area contributed by atoms with Crippen molar-refractivity contribution in [3.63, 3.8) is 0 Å². The fourth-order valence-corrected chi connectivity index (χ4v) is 2.33. The van der Waals surface area contributed by atoms with Crippen LogP contribution in [-0.4, -0.2) is 11.1 Å². The van der Waals surface area contributed by atoms with Crippen molar-refractivity contribution in [2.24, 2.45) is 0 Å². The summed E-state index contributed by atoms with van der Waals surface area (Å²) in [5.74, 6) is -0.637. The molecule has 2 aromatic carbocycles. The number of carboxylic acid groups (broad SMARTS) is 1. The third-order valence-electron chi connectivity index (χ3n) is 3.01. The molecule has 0 saturated heterocycles. The van der Waals surface area contributed by atoms with Crippen molar-refractivity contribution in [3.05, 3.63) is 63.6 Å². The Kier molecular flexibility index (Phi) is 4.79. The van der Waals surface area contributed by atoms with E-state index in [1.165, 1.54) is 11.6 Å². The monoisotopic (exact) mass is 334 g/mol. The van der Waals surface area contributed by atoms with Gasteiger partial charge < -0.3 is 9.84 Å². The Hall–Kier alpha value is -1.81. The second-order valence-electron chi connectivity index (χ2n) is 4.38. The van der Waals surface area contributed by atoms with Crippen LogP contribution in [0, 0.1) is 0 Å². The molecule has 0 aliphatic rings. The first kappa shape index (κ1) is 14.6. The predicted octanol–water partition coefficient (Wildman–Crippen LogP) is 4.29. The molecule has 0 fully saturated rings. The van der Waals surface area contributed by atoms with Gasteiger partial charge in [0.2, 0.25) is 0 Å². The molecule has 2 rings (SSSR count). The predicted molar refractivity (Wildman–Crippen MR) is 81.3 cm³/mol. The van der Waals surface area contributed by atoms with E-state index in [-0.39, 0.29) is 5.56 Å². The topological polar surface area (TPSA) is 46.5 Å². The van der Waals surface area contributed by atoms with Gasteiger partial charge in [0.1, 0.15) is 17.9 Å². The fraction of sp³-hybridized carbons (Fsp3) is 0.188. The van der Waals surface area contributed by atoms with Crippen molar-refractivity contribution >= 4 is 21.9 Å². The van der Waals surface area contributed by atoms with E-state index in [2.05, 4.69) is 35.0 Å². The fourth-order valence-electron chi connectivity index (χ4n) is 1.85. The van der Waals surface area contributed by atoms with E-state index in [1.54, 1.807) is 12.1 Å². The van der Waals surface area contributed by atoms with Gasteiger partial charge in [0, 0.05) is 0 Å². The third kappa shape index (κ3) is 3.39. The lowest BCUT2D eigenvalue weighted by Crippen LogP contribution is -2.04. The molecule has 3 nitrogen and oxygen atoms in total. The summed E-state index contributed by atoms with van der Waals surface area (Å²) >= 11 is 3.32. The molecule has 0 unspecified atom stereocenters. The highest BCUT2D eigenvalue weighted by atomic mass is 79.9. The second-order valence-corrected chi connectivity index (χ2v) is 5.23. The average molecular weight is 335 g/mol. The molecule has 0 radical (unpaired) electrons. The van der Waals surface area contributed by atoms with Crippen molar-refractivity contribution in [1.82, 2.24) is 0 Å². The zero-order valence-electron chi connectivity index (χ0n) is 11.1. The molecule has 0 amide bonds. The molecule has 1 N–H and O–H groups in total. The largest absolute Gasteiger partial charge is 0.487 e. The van der Waals surface area contributed by atoms with Crippen LogP contribution in [0.3, 0.4) is 0 Å². The van der Waals surface area contributed by atoms with Gasteiger partial charge in [-0.2, -0.15) is 0 Å². The zero-order chi connectivity index (χ0) is 14.5. The number of hydrogen-bond acceptors (Lipinski definition) is 2. The maximum Gasteiger partial charge on any atom is 0.339 e. The standard InChI is InChI=1S/C16H15BrO3/c1-2-11-6-8-12(9-7-11)10-20-15-13(16(18)19)4-3-5-14(15)17/h3-9H,2,10H2,1H3,(H,18,19). The van der Waals surface area contributed by atoms with Crippen LogP contribution in [0.5, 0.6) is 5.75 Å². The van der Waals surface area contributed by atoms with Crippen molar-refractivity contribution in [2.75, 3.05) is 0 Å². The lowest BCUT2D eigenvalue weighted by Gasteiger charge is -2.11. The Bertz CT molecular complexity index is 606. The number of halogens is 1. The van der Waals surface area contributed by atoms with E-state index in [0.717, 1.165) is 12.0 Å². The molecule has 0 saturated carbocycles. The van der Waals surface area contributed by atoms with Gasteiger partial charge in [-0.25, -0.2) is 4.79 Å². The SMILES string of the molecule is CCc1ccc(COc2c(Br)cccc2C(=O)O)cc1. The summed E-state index contributed by atoms with van der Waals surface area (Å²) < 4.78 is 6.30. The molecule has 0 spiro atoms. The smallest absolute Gasteiger partial charge is 0.339 e. The van der Waals surface area contributed by atoms with Crippen LogP contribution in [0.25, 0.3) is 0 Å². The van der Waals surface area contributed by atoms with E-state index in [9.17, 15) is 4.79 Å². The summed E-state index contributed by atoms with van der Waals surface area (Å²) in [6.45, 7) is 2.44. The van der Waals surface area contributed by atoms with Gasteiger partial charge in [-0.1, -0.05) is 37.3 Å². The van der Waals surface area contributed by atoms with Gasteiger partial charge >= 0.3 is 5.97 Å². The van der Waals surface area contributed by atoms with Crippen molar-refractivity contribution in [2.45, 2.75) is 20.0 Å². The second kappa shape index (κ2) is 6.57. The third-order valence-corrected chi connectivity index (χ3v) is 3.64. The minimum absolute atomic E-state index is 0.157. The molecule has 20 heavy (non-hydrogen) atoms. The Morgan fingerprint density at radius 3 is 2.40 bits per heavy atom. The van der Waals surface area contributed by atoms with Gasteiger partial charge in [0.05, 0.1) is 4.47 Å². The maximum absolute atomic E-state index is 11.2. The Morgan fingerprint density at radius 2 is 1.80 bits per heavy atom. The zero-order valence-corrected chi connectivity index (χ0v) is 12.7. The molecule has 0 aromatic heterocycles. The molecule has 4 heteroatoms. The molecular weight excluding hydrogens is 320 g/mol. The van der Waals surface area contributed by atoms with E-state index in [0.29, 0.717) is 16.8 Å². The van der Waals surface area contributed by atoms with Crippen LogP contribution >= 0.6 is 15.9 Å². The van der Waals surface area contributed by atoms with Gasteiger partial charge in [-0.05, 0) is 45.6 Å². The number of benzene rings is 2. The lowest BCUT2D eigenvalue weighted by atomic mass is 10.1. The van der Waals surface area contributed by atoms with Crippen LogP contribution in [0.1, 0.15) is 28.4 Å². The number of rotatable bonds is 5. The summed E-state index contributed by atoms with van der Waals surface area (Å²) in [6.07, 6.45) is 0.995. The molecule has 2 aromatic rings. The van der Waals surface area contributed by atoms with Crippen LogP contribution in [0.15, 0.2) is 46.9 Å². The minimum atomic E-state index is -0.998.